The highest BCUT2D eigenvalue weighted by Crippen LogP contribution is 2.57. The first-order valence-electron chi connectivity index (χ1n) is 10.3. The molecule has 4 aliphatic rings. The van der Waals surface area contributed by atoms with Gasteiger partial charge in [0.2, 0.25) is 5.91 Å². The molecule has 2 aromatic heterocycles. The molecule has 0 spiro atoms. The lowest BCUT2D eigenvalue weighted by atomic mass is 9.51. The van der Waals surface area contributed by atoms with Crippen LogP contribution in [0.3, 0.4) is 0 Å². The molecule has 4 fully saturated rings. The van der Waals surface area contributed by atoms with Gasteiger partial charge in [0.1, 0.15) is 5.76 Å². The quantitative estimate of drug-likeness (QED) is 0.868. The van der Waals surface area contributed by atoms with Gasteiger partial charge in [-0.25, -0.2) is 0 Å². The lowest BCUT2D eigenvalue weighted by Crippen LogP contribution is -2.46. The van der Waals surface area contributed by atoms with Crippen LogP contribution in [0.25, 0.3) is 0 Å². The topological polar surface area (TPSA) is 73.0 Å². The molecule has 2 aromatic rings. The Kier molecular flexibility index (Phi) is 4.10. The summed E-state index contributed by atoms with van der Waals surface area (Å²) in [7, 11) is 0. The molecule has 1 amide bonds. The Labute approximate surface area is 159 Å². The SMILES string of the molecule is Cc1noc(C)c1Cn1cc(NC(=O)CC2C3CC4CC(C3)CC2C4)cn1. The van der Waals surface area contributed by atoms with Gasteiger partial charge in [0.25, 0.3) is 0 Å². The van der Waals surface area contributed by atoms with Gasteiger partial charge in [-0.05, 0) is 75.5 Å². The second kappa shape index (κ2) is 6.50. The van der Waals surface area contributed by atoms with Crippen LogP contribution >= 0.6 is 0 Å². The van der Waals surface area contributed by atoms with Crippen molar-refractivity contribution >= 4 is 11.6 Å². The minimum absolute atomic E-state index is 0.143. The molecule has 0 unspecified atom stereocenters. The molecule has 27 heavy (non-hydrogen) atoms. The summed E-state index contributed by atoms with van der Waals surface area (Å²) in [4.78, 5) is 12.7. The number of amides is 1. The summed E-state index contributed by atoms with van der Waals surface area (Å²) < 4.78 is 7.03. The molecule has 2 heterocycles. The van der Waals surface area contributed by atoms with Crippen LogP contribution in [0.1, 0.15) is 55.5 Å². The zero-order valence-corrected chi connectivity index (χ0v) is 16.1. The van der Waals surface area contributed by atoms with E-state index >= 15 is 0 Å². The number of anilines is 1. The minimum atomic E-state index is 0.143. The summed E-state index contributed by atoms with van der Waals surface area (Å²) in [6, 6.07) is 0. The van der Waals surface area contributed by atoms with Crippen molar-refractivity contribution in [3.63, 3.8) is 0 Å². The molecule has 0 aliphatic heterocycles. The zero-order valence-electron chi connectivity index (χ0n) is 16.1. The number of hydrogen-bond donors (Lipinski definition) is 1. The Morgan fingerprint density at radius 3 is 2.52 bits per heavy atom. The third-order valence-corrected chi connectivity index (χ3v) is 7.26. The van der Waals surface area contributed by atoms with E-state index in [4.69, 9.17) is 4.52 Å². The number of carbonyl (C=O) groups excluding carboxylic acids is 1. The molecule has 6 heteroatoms. The van der Waals surface area contributed by atoms with Crippen molar-refractivity contribution in [3.05, 3.63) is 29.4 Å². The number of nitrogens with zero attached hydrogens (tertiary/aromatic N) is 3. The van der Waals surface area contributed by atoms with Gasteiger partial charge < -0.3 is 9.84 Å². The summed E-state index contributed by atoms with van der Waals surface area (Å²) in [5.74, 6) is 5.03. The summed E-state index contributed by atoms with van der Waals surface area (Å²) in [6.45, 7) is 4.45. The first kappa shape index (κ1) is 17.0. The van der Waals surface area contributed by atoms with E-state index < -0.39 is 0 Å². The van der Waals surface area contributed by atoms with E-state index in [2.05, 4.69) is 15.6 Å². The van der Waals surface area contributed by atoms with Gasteiger partial charge in [-0.15, -0.1) is 0 Å². The van der Waals surface area contributed by atoms with Crippen LogP contribution in [0.4, 0.5) is 5.69 Å². The molecule has 144 valence electrons. The zero-order chi connectivity index (χ0) is 18.5. The predicted octanol–water partition coefficient (Wildman–Crippen LogP) is 3.94. The van der Waals surface area contributed by atoms with E-state index in [1.165, 1.54) is 32.1 Å². The molecule has 1 N–H and O–H groups in total. The van der Waals surface area contributed by atoms with Crippen LogP contribution in [0.2, 0.25) is 0 Å². The number of rotatable bonds is 5. The summed E-state index contributed by atoms with van der Waals surface area (Å²) in [5, 5.41) is 11.4. The monoisotopic (exact) mass is 368 g/mol. The fraction of sp³-hybridized carbons (Fsp3) is 0.667. The van der Waals surface area contributed by atoms with Gasteiger partial charge in [-0.1, -0.05) is 5.16 Å². The molecule has 4 bridgehead atoms. The number of carbonyl (C=O) groups is 1. The molecule has 0 radical (unpaired) electrons. The van der Waals surface area contributed by atoms with E-state index in [-0.39, 0.29) is 5.91 Å². The molecular weight excluding hydrogens is 340 g/mol. The summed E-state index contributed by atoms with van der Waals surface area (Å²) >= 11 is 0. The van der Waals surface area contributed by atoms with Crippen LogP contribution in [0.5, 0.6) is 0 Å². The minimum Gasteiger partial charge on any atom is -0.361 e. The Morgan fingerprint density at radius 2 is 1.89 bits per heavy atom. The van der Waals surface area contributed by atoms with Crippen LogP contribution in [0, 0.1) is 43.4 Å². The van der Waals surface area contributed by atoms with Crippen LogP contribution < -0.4 is 5.32 Å². The number of aryl methyl sites for hydroxylation is 2. The fourth-order valence-corrected chi connectivity index (χ4v) is 6.20. The standard InChI is InChI=1S/C21H28N4O2/c1-12-20(13(2)27-24-12)11-25-10-18(9-22-25)23-21(26)8-19-16-4-14-3-15(6-16)7-17(19)5-14/h9-10,14-17,19H,3-8,11H2,1-2H3,(H,23,26). The summed E-state index contributed by atoms with van der Waals surface area (Å²) in [5.41, 5.74) is 2.70. The van der Waals surface area contributed by atoms with Crippen LogP contribution in [-0.2, 0) is 11.3 Å². The third kappa shape index (κ3) is 3.19. The van der Waals surface area contributed by atoms with Gasteiger partial charge in [-0.3, -0.25) is 9.48 Å². The fourth-order valence-electron chi connectivity index (χ4n) is 6.20. The molecule has 6 nitrogen and oxygen atoms in total. The lowest BCUT2D eigenvalue weighted by molar-refractivity contribution is -0.121. The second-order valence-corrected chi connectivity index (χ2v) is 9.08. The first-order chi connectivity index (χ1) is 13.0. The first-order valence-corrected chi connectivity index (χ1v) is 10.3. The molecule has 0 aromatic carbocycles. The van der Waals surface area contributed by atoms with E-state index in [1.54, 1.807) is 6.20 Å². The van der Waals surface area contributed by atoms with Gasteiger partial charge in [0.15, 0.2) is 0 Å². The molecule has 6 rings (SSSR count). The Hall–Kier alpha value is -2.11. The van der Waals surface area contributed by atoms with E-state index in [9.17, 15) is 4.79 Å². The van der Waals surface area contributed by atoms with Crippen molar-refractivity contribution < 1.29 is 9.32 Å². The van der Waals surface area contributed by atoms with E-state index in [0.29, 0.717) is 18.9 Å². The largest absolute Gasteiger partial charge is 0.361 e. The number of hydrogen-bond acceptors (Lipinski definition) is 4. The molecule has 4 saturated carbocycles. The van der Waals surface area contributed by atoms with E-state index in [0.717, 1.165) is 46.4 Å². The van der Waals surface area contributed by atoms with Crippen molar-refractivity contribution in [2.75, 3.05) is 5.32 Å². The smallest absolute Gasteiger partial charge is 0.224 e. The second-order valence-electron chi connectivity index (χ2n) is 9.08. The molecule has 0 atom stereocenters. The maximum absolute atomic E-state index is 12.7. The summed E-state index contributed by atoms with van der Waals surface area (Å²) in [6.07, 6.45) is 11.2. The Balaban J connectivity index is 1.20. The Bertz CT molecular complexity index is 805. The van der Waals surface area contributed by atoms with Gasteiger partial charge in [-0.2, -0.15) is 5.10 Å². The highest BCUT2D eigenvalue weighted by molar-refractivity contribution is 5.90. The Morgan fingerprint density at radius 1 is 1.19 bits per heavy atom. The molecular formula is C21H28N4O2. The van der Waals surface area contributed by atoms with Crippen molar-refractivity contribution in [2.24, 2.45) is 29.6 Å². The van der Waals surface area contributed by atoms with Gasteiger partial charge >= 0.3 is 0 Å². The maximum atomic E-state index is 12.7. The van der Waals surface area contributed by atoms with E-state index in [1.807, 2.05) is 24.7 Å². The van der Waals surface area contributed by atoms with Crippen LogP contribution in [0.15, 0.2) is 16.9 Å². The van der Waals surface area contributed by atoms with Crippen molar-refractivity contribution in [2.45, 2.75) is 58.9 Å². The van der Waals surface area contributed by atoms with Crippen molar-refractivity contribution in [3.8, 4) is 0 Å². The maximum Gasteiger partial charge on any atom is 0.224 e. The normalized spacial score (nSPS) is 31.4. The molecule has 4 aliphatic carbocycles. The van der Waals surface area contributed by atoms with Crippen molar-refractivity contribution in [1.82, 2.24) is 14.9 Å². The average molecular weight is 368 g/mol. The highest BCUT2D eigenvalue weighted by Gasteiger charge is 2.48. The molecule has 0 saturated heterocycles. The van der Waals surface area contributed by atoms with Gasteiger partial charge in [0.05, 0.1) is 24.1 Å². The predicted molar refractivity (Wildman–Crippen MR) is 101 cm³/mol. The number of nitrogens with one attached hydrogen (secondary N) is 1. The van der Waals surface area contributed by atoms with Crippen LogP contribution in [-0.4, -0.2) is 20.8 Å². The highest BCUT2D eigenvalue weighted by atomic mass is 16.5. The van der Waals surface area contributed by atoms with Crippen molar-refractivity contribution in [1.29, 1.82) is 0 Å². The number of aromatic nitrogens is 3. The average Bonchev–Trinajstić information content (AvgIpc) is 3.19. The van der Waals surface area contributed by atoms with Gasteiger partial charge in [0, 0.05) is 18.2 Å². The third-order valence-electron chi connectivity index (χ3n) is 7.26. The lowest BCUT2D eigenvalue weighted by Gasteiger charge is -2.54.